The standard InChI is InChI=1S/C49H60N8O8S/c1-32(2)39-7-5-6-8-41(39)48(4)31-64-22-21-56(48)36-26-49(27-36)16-19-55(20-17-49)35-9-10-40(43(24-35)65-37-23-34-13-18-50-44(34)52-29-37)46(58)54-66(62,63)38-25-42(57(60)61)45(53-30-38)51-28-33-11-14-47(3,59)15-12-33/h5-10,13,18,23-25,29-30,32-33,36,59H,11-12,14-17,19-22,26-28,31H2,1-4H3,(H,50,52)(H,51,53)(H,54,58)/t33-,47-,48-/m0/s1. The summed E-state index contributed by atoms with van der Waals surface area (Å²) in [4.78, 5) is 41.5. The van der Waals surface area contributed by atoms with Crippen molar-refractivity contribution in [2.45, 2.75) is 107 Å². The molecule has 1 amide bonds. The van der Waals surface area contributed by atoms with Crippen LogP contribution in [0.5, 0.6) is 11.5 Å². The number of H-pyrrole nitrogens is 1. The maximum atomic E-state index is 14.0. The highest BCUT2D eigenvalue weighted by atomic mass is 32.2. The van der Waals surface area contributed by atoms with E-state index in [9.17, 15) is 28.4 Å². The van der Waals surface area contributed by atoms with E-state index in [1.165, 1.54) is 17.3 Å². The lowest BCUT2D eigenvalue weighted by molar-refractivity contribution is -0.384. The van der Waals surface area contributed by atoms with E-state index >= 15 is 0 Å². The molecule has 0 radical (unpaired) electrons. The van der Waals surface area contributed by atoms with E-state index in [1.807, 2.05) is 6.07 Å². The number of benzene rings is 2. The average Bonchev–Trinajstić information content (AvgIpc) is 3.76. The molecule has 5 heterocycles. The number of piperidine rings is 1. The van der Waals surface area contributed by atoms with E-state index in [0.717, 1.165) is 88.1 Å². The van der Waals surface area contributed by atoms with Crippen molar-refractivity contribution in [3.8, 4) is 11.5 Å². The molecular formula is C49H60N8O8S. The molecule has 2 aliphatic carbocycles. The number of nitro groups is 1. The van der Waals surface area contributed by atoms with Gasteiger partial charge in [-0.25, -0.2) is 23.1 Å². The molecule has 350 valence electrons. The van der Waals surface area contributed by atoms with Gasteiger partial charge in [0.25, 0.3) is 15.9 Å². The first kappa shape index (κ1) is 45.5. The third kappa shape index (κ3) is 9.22. The Morgan fingerprint density at radius 3 is 2.52 bits per heavy atom. The first-order chi connectivity index (χ1) is 31.5. The second-order valence-electron chi connectivity index (χ2n) is 19.7. The Morgan fingerprint density at radius 1 is 1.02 bits per heavy atom. The van der Waals surface area contributed by atoms with Gasteiger partial charge in [-0.05, 0) is 118 Å². The van der Waals surface area contributed by atoms with E-state index in [4.69, 9.17) is 9.47 Å². The highest BCUT2D eigenvalue weighted by molar-refractivity contribution is 7.90. The number of fused-ring (bicyclic) bond motifs is 1. The average molecular weight is 921 g/mol. The summed E-state index contributed by atoms with van der Waals surface area (Å²) in [5, 5.41) is 26.2. The topological polar surface area (TPSA) is 205 Å². The van der Waals surface area contributed by atoms with Crippen LogP contribution >= 0.6 is 0 Å². The zero-order valence-electron chi connectivity index (χ0n) is 38.1. The monoisotopic (exact) mass is 920 g/mol. The van der Waals surface area contributed by atoms with E-state index in [2.05, 4.69) is 79.8 Å². The number of carbonyl (C=O) groups excluding carboxylic acids is 1. The number of aromatic amines is 1. The van der Waals surface area contributed by atoms with E-state index < -0.39 is 37.0 Å². The van der Waals surface area contributed by atoms with Crippen molar-refractivity contribution < 1.29 is 32.7 Å². The summed E-state index contributed by atoms with van der Waals surface area (Å²) in [5.74, 6) is -0.00446. The SMILES string of the molecule is CC(C)c1ccccc1[C@]1(C)COCCN1C1CC2(CCN(c3ccc(C(=O)NS(=O)(=O)c4cnc(NC[C@H]5CC[C@](C)(O)CC5)c([N+](=O)[O-])c4)c(Oc4cnc5[nH]ccc5c4)c3)CC2)C1. The number of amides is 1. The van der Waals surface area contributed by atoms with Gasteiger partial charge < -0.3 is 29.8 Å². The van der Waals surface area contributed by atoms with Crippen LogP contribution in [0.15, 0.2) is 84.1 Å². The van der Waals surface area contributed by atoms with Crippen LogP contribution in [0.25, 0.3) is 11.0 Å². The molecule has 4 aliphatic rings. The van der Waals surface area contributed by atoms with Gasteiger partial charge in [-0.3, -0.25) is 19.8 Å². The molecule has 4 fully saturated rings. The number of sulfonamides is 1. The zero-order valence-corrected chi connectivity index (χ0v) is 38.9. The summed E-state index contributed by atoms with van der Waals surface area (Å²) in [6, 6.07) is 18.9. The van der Waals surface area contributed by atoms with Crippen molar-refractivity contribution in [1.29, 1.82) is 0 Å². The maximum absolute atomic E-state index is 14.0. The van der Waals surface area contributed by atoms with Crippen LogP contribution < -0.4 is 19.7 Å². The van der Waals surface area contributed by atoms with Crippen molar-refractivity contribution in [2.24, 2.45) is 11.3 Å². The Balaban J connectivity index is 0.904. The van der Waals surface area contributed by atoms with Crippen LogP contribution in [-0.4, -0.2) is 95.2 Å². The Kier molecular flexibility index (Phi) is 12.3. The molecule has 0 unspecified atom stereocenters. The number of rotatable bonds is 13. The highest BCUT2D eigenvalue weighted by Gasteiger charge is 2.52. The summed E-state index contributed by atoms with van der Waals surface area (Å²) >= 11 is 0. The number of aliphatic hydroxyl groups is 1. The minimum absolute atomic E-state index is 0.0494. The number of nitrogens with zero attached hydrogens (tertiary/aromatic N) is 5. The molecule has 3 aromatic heterocycles. The van der Waals surface area contributed by atoms with Gasteiger partial charge in [-0.15, -0.1) is 0 Å². The number of nitrogens with one attached hydrogen (secondary N) is 3. The Bertz CT molecular complexity index is 2720. The second-order valence-corrected chi connectivity index (χ2v) is 21.4. The molecule has 2 saturated carbocycles. The van der Waals surface area contributed by atoms with Gasteiger partial charge in [0.15, 0.2) is 0 Å². The lowest BCUT2D eigenvalue weighted by atomic mass is 9.59. The number of anilines is 2. The first-order valence-electron chi connectivity index (χ1n) is 23.1. The van der Waals surface area contributed by atoms with Crippen LogP contribution in [0.4, 0.5) is 17.2 Å². The molecule has 2 aromatic carbocycles. The molecule has 2 aliphatic heterocycles. The minimum Gasteiger partial charge on any atom is -0.455 e. The number of hydrogen-bond acceptors (Lipinski definition) is 13. The Labute approximate surface area is 385 Å². The molecule has 16 nitrogen and oxygen atoms in total. The first-order valence-corrected chi connectivity index (χ1v) is 24.6. The number of hydrogen-bond donors (Lipinski definition) is 4. The van der Waals surface area contributed by atoms with Gasteiger partial charge in [0.1, 0.15) is 22.0 Å². The smallest absolute Gasteiger partial charge is 0.312 e. The largest absolute Gasteiger partial charge is 0.455 e. The van der Waals surface area contributed by atoms with Crippen LogP contribution in [0.3, 0.4) is 0 Å². The van der Waals surface area contributed by atoms with Crippen molar-refractivity contribution in [3.05, 3.63) is 106 Å². The molecule has 4 N–H and O–H groups in total. The lowest BCUT2D eigenvalue weighted by Gasteiger charge is -2.60. The Morgan fingerprint density at radius 2 is 1.77 bits per heavy atom. The van der Waals surface area contributed by atoms with Gasteiger partial charge >= 0.3 is 5.69 Å². The van der Waals surface area contributed by atoms with Crippen LogP contribution in [-0.2, 0) is 20.3 Å². The minimum atomic E-state index is -4.64. The maximum Gasteiger partial charge on any atom is 0.312 e. The number of ether oxygens (including phenoxy) is 2. The summed E-state index contributed by atoms with van der Waals surface area (Å²) in [7, 11) is -4.64. The van der Waals surface area contributed by atoms with E-state index in [0.29, 0.717) is 49.3 Å². The molecule has 1 spiro atoms. The van der Waals surface area contributed by atoms with Gasteiger partial charge in [0, 0.05) is 61.6 Å². The van der Waals surface area contributed by atoms with Crippen molar-refractivity contribution in [2.75, 3.05) is 49.6 Å². The fourth-order valence-electron chi connectivity index (χ4n) is 10.8. The number of morpholine rings is 1. The number of aromatic nitrogens is 3. The quantitative estimate of drug-likeness (QED) is 0.0650. The molecule has 0 bridgehead atoms. The lowest BCUT2D eigenvalue weighted by Crippen LogP contribution is -2.63. The third-order valence-corrected chi connectivity index (χ3v) is 16.1. The summed E-state index contributed by atoms with van der Waals surface area (Å²) in [6.07, 6.45) is 11.3. The second kappa shape index (κ2) is 17.9. The van der Waals surface area contributed by atoms with Crippen LogP contribution in [0.1, 0.15) is 106 Å². The van der Waals surface area contributed by atoms with Gasteiger partial charge in [0.05, 0.1) is 47.2 Å². The molecular weight excluding hydrogens is 861 g/mol. The molecule has 1 atom stereocenters. The van der Waals surface area contributed by atoms with Gasteiger partial charge in [0.2, 0.25) is 5.82 Å². The Hall–Kier alpha value is -5.62. The molecule has 2 saturated heterocycles. The van der Waals surface area contributed by atoms with Gasteiger partial charge in [-0.2, -0.15) is 0 Å². The summed E-state index contributed by atoms with van der Waals surface area (Å²) < 4.78 is 42.0. The fourth-order valence-corrected chi connectivity index (χ4v) is 11.7. The molecule has 17 heteroatoms. The summed E-state index contributed by atoms with van der Waals surface area (Å²) in [5.41, 5.74) is 2.94. The number of pyridine rings is 2. The van der Waals surface area contributed by atoms with Crippen LogP contribution in [0.2, 0.25) is 0 Å². The normalized spacial score (nSPS) is 23.7. The van der Waals surface area contributed by atoms with Crippen molar-refractivity contribution >= 4 is 44.2 Å². The fraction of sp³-hybridized carbons (Fsp3) is 0.490. The predicted octanol–water partition coefficient (Wildman–Crippen LogP) is 8.25. The van der Waals surface area contributed by atoms with E-state index in [-0.39, 0.29) is 34.0 Å². The van der Waals surface area contributed by atoms with E-state index in [1.54, 1.807) is 37.4 Å². The third-order valence-electron chi connectivity index (χ3n) is 14.8. The zero-order chi connectivity index (χ0) is 46.4. The van der Waals surface area contributed by atoms with Crippen molar-refractivity contribution in [1.82, 2.24) is 24.6 Å². The van der Waals surface area contributed by atoms with Crippen LogP contribution in [0, 0.1) is 21.4 Å². The summed E-state index contributed by atoms with van der Waals surface area (Å²) in [6.45, 7) is 12.9. The van der Waals surface area contributed by atoms with Crippen molar-refractivity contribution in [3.63, 3.8) is 0 Å². The predicted molar refractivity (Wildman–Crippen MR) is 252 cm³/mol. The molecule has 66 heavy (non-hydrogen) atoms. The van der Waals surface area contributed by atoms with Gasteiger partial charge in [-0.1, -0.05) is 38.1 Å². The number of carbonyl (C=O) groups is 1. The molecule has 5 aromatic rings. The molecule has 9 rings (SSSR count). The highest BCUT2D eigenvalue weighted by Crippen LogP contribution is 2.54.